The van der Waals surface area contributed by atoms with Gasteiger partial charge in [-0.2, -0.15) is 0 Å². The molecule has 0 aromatic heterocycles. The molecule has 1 amide bonds. The SMILES string of the molecule is CCN(C(C)=O)N1CCCC1(C)CO. The molecule has 1 saturated heterocycles. The second-order valence-electron chi connectivity index (χ2n) is 4.12. The van der Waals surface area contributed by atoms with Gasteiger partial charge in [0, 0.05) is 20.0 Å². The zero-order chi connectivity index (χ0) is 10.8. The van der Waals surface area contributed by atoms with Crippen LogP contribution < -0.4 is 0 Å². The van der Waals surface area contributed by atoms with Crippen molar-refractivity contribution >= 4 is 5.91 Å². The smallest absolute Gasteiger partial charge is 0.233 e. The Morgan fingerprint density at radius 2 is 2.29 bits per heavy atom. The van der Waals surface area contributed by atoms with E-state index in [1.54, 1.807) is 11.9 Å². The average Bonchev–Trinajstić information content (AvgIpc) is 2.50. The van der Waals surface area contributed by atoms with E-state index in [2.05, 4.69) is 0 Å². The number of nitrogens with zero attached hydrogens (tertiary/aromatic N) is 2. The Hall–Kier alpha value is -0.610. The third kappa shape index (κ3) is 1.91. The van der Waals surface area contributed by atoms with Crippen molar-refractivity contribution in [1.82, 2.24) is 10.0 Å². The molecule has 1 N–H and O–H groups in total. The summed E-state index contributed by atoms with van der Waals surface area (Å²) in [6.07, 6.45) is 1.99. The summed E-state index contributed by atoms with van der Waals surface area (Å²) < 4.78 is 0. The molecule has 4 nitrogen and oxygen atoms in total. The molecular formula is C10H20N2O2. The van der Waals surface area contributed by atoms with Gasteiger partial charge in [0.2, 0.25) is 5.91 Å². The zero-order valence-electron chi connectivity index (χ0n) is 9.29. The maximum Gasteiger partial charge on any atom is 0.233 e. The molecule has 14 heavy (non-hydrogen) atoms. The number of aliphatic hydroxyl groups excluding tert-OH is 1. The summed E-state index contributed by atoms with van der Waals surface area (Å²) >= 11 is 0. The molecule has 0 spiro atoms. The molecule has 0 aliphatic carbocycles. The first kappa shape index (κ1) is 11.5. The van der Waals surface area contributed by atoms with Gasteiger partial charge >= 0.3 is 0 Å². The largest absolute Gasteiger partial charge is 0.394 e. The number of hydrogen-bond acceptors (Lipinski definition) is 3. The van der Waals surface area contributed by atoms with Crippen LogP contribution in [0, 0.1) is 0 Å². The van der Waals surface area contributed by atoms with Crippen LogP contribution in [0.15, 0.2) is 0 Å². The second kappa shape index (κ2) is 4.28. The Balaban J connectivity index is 2.79. The van der Waals surface area contributed by atoms with E-state index in [1.165, 1.54) is 0 Å². The summed E-state index contributed by atoms with van der Waals surface area (Å²) in [6, 6.07) is 0. The highest BCUT2D eigenvalue weighted by molar-refractivity contribution is 5.72. The average molecular weight is 200 g/mol. The van der Waals surface area contributed by atoms with Gasteiger partial charge < -0.3 is 5.11 Å². The van der Waals surface area contributed by atoms with E-state index >= 15 is 0 Å². The van der Waals surface area contributed by atoms with Crippen molar-refractivity contribution in [3.63, 3.8) is 0 Å². The molecule has 0 aromatic carbocycles. The second-order valence-corrected chi connectivity index (χ2v) is 4.12. The van der Waals surface area contributed by atoms with Crippen molar-refractivity contribution in [3.8, 4) is 0 Å². The van der Waals surface area contributed by atoms with E-state index in [0.717, 1.165) is 19.4 Å². The Bertz CT molecular complexity index is 220. The van der Waals surface area contributed by atoms with Gasteiger partial charge in [0.15, 0.2) is 0 Å². The van der Waals surface area contributed by atoms with Crippen molar-refractivity contribution in [2.45, 2.75) is 39.2 Å². The van der Waals surface area contributed by atoms with Crippen molar-refractivity contribution in [2.24, 2.45) is 0 Å². The summed E-state index contributed by atoms with van der Waals surface area (Å²) in [5, 5.41) is 13.1. The summed E-state index contributed by atoms with van der Waals surface area (Å²) in [5.74, 6) is 0.0501. The third-order valence-corrected chi connectivity index (χ3v) is 3.00. The quantitative estimate of drug-likeness (QED) is 0.726. The van der Waals surface area contributed by atoms with Crippen LogP contribution >= 0.6 is 0 Å². The molecular weight excluding hydrogens is 180 g/mol. The molecule has 1 aliphatic rings. The molecule has 0 saturated carbocycles. The lowest BCUT2D eigenvalue weighted by Crippen LogP contribution is -2.55. The fraction of sp³-hybridized carbons (Fsp3) is 0.900. The van der Waals surface area contributed by atoms with Crippen LogP contribution in [0.25, 0.3) is 0 Å². The number of carbonyl (C=O) groups excluding carboxylic acids is 1. The molecule has 1 aliphatic heterocycles. The van der Waals surface area contributed by atoms with Crippen LogP contribution in [0.5, 0.6) is 0 Å². The maximum absolute atomic E-state index is 11.4. The van der Waals surface area contributed by atoms with Crippen molar-refractivity contribution in [2.75, 3.05) is 19.7 Å². The van der Waals surface area contributed by atoms with E-state index < -0.39 is 0 Å². The van der Waals surface area contributed by atoms with Gasteiger partial charge in [-0.3, -0.25) is 9.80 Å². The molecule has 1 heterocycles. The Kier molecular flexibility index (Phi) is 3.50. The van der Waals surface area contributed by atoms with Gasteiger partial charge in [-0.1, -0.05) is 0 Å². The highest BCUT2D eigenvalue weighted by atomic mass is 16.3. The van der Waals surface area contributed by atoms with Crippen LogP contribution in [-0.2, 0) is 4.79 Å². The summed E-state index contributed by atoms with van der Waals surface area (Å²) in [6.45, 7) is 7.18. The number of hydrazine groups is 1. The Labute approximate surface area is 85.5 Å². The lowest BCUT2D eigenvalue weighted by atomic mass is 10.0. The molecule has 1 fully saturated rings. The third-order valence-electron chi connectivity index (χ3n) is 3.00. The minimum Gasteiger partial charge on any atom is -0.394 e. The molecule has 1 rings (SSSR count). The van der Waals surface area contributed by atoms with E-state index in [-0.39, 0.29) is 18.1 Å². The van der Waals surface area contributed by atoms with Crippen LogP contribution in [0.3, 0.4) is 0 Å². The van der Waals surface area contributed by atoms with Crippen LogP contribution in [0.2, 0.25) is 0 Å². The number of carbonyl (C=O) groups is 1. The van der Waals surface area contributed by atoms with Crippen LogP contribution in [0.1, 0.15) is 33.6 Å². The number of hydrogen-bond donors (Lipinski definition) is 1. The molecule has 82 valence electrons. The van der Waals surface area contributed by atoms with Gasteiger partial charge in [0.1, 0.15) is 0 Å². The zero-order valence-corrected chi connectivity index (χ0v) is 9.29. The minimum atomic E-state index is -0.248. The minimum absolute atomic E-state index is 0.0501. The topological polar surface area (TPSA) is 43.8 Å². The molecule has 0 aromatic rings. The predicted octanol–water partition coefficient (Wildman–Crippen LogP) is 0.617. The normalized spacial score (nSPS) is 28.0. The number of aliphatic hydroxyl groups is 1. The number of amides is 1. The van der Waals surface area contributed by atoms with Gasteiger partial charge in [-0.25, -0.2) is 5.01 Å². The first-order chi connectivity index (χ1) is 6.55. The Morgan fingerprint density at radius 1 is 1.64 bits per heavy atom. The Morgan fingerprint density at radius 3 is 2.71 bits per heavy atom. The van der Waals surface area contributed by atoms with Crippen LogP contribution in [0.4, 0.5) is 0 Å². The summed E-state index contributed by atoms with van der Waals surface area (Å²) in [7, 11) is 0. The predicted molar refractivity (Wildman–Crippen MR) is 54.5 cm³/mol. The van der Waals surface area contributed by atoms with Crippen molar-refractivity contribution < 1.29 is 9.90 Å². The molecule has 0 bridgehead atoms. The van der Waals surface area contributed by atoms with Gasteiger partial charge in [0.25, 0.3) is 0 Å². The van der Waals surface area contributed by atoms with E-state index in [9.17, 15) is 9.90 Å². The maximum atomic E-state index is 11.4. The molecule has 4 heteroatoms. The standard InChI is InChI=1S/C10H20N2O2/c1-4-11(9(2)14)12-7-5-6-10(12,3)8-13/h13H,4-8H2,1-3H3. The molecule has 1 unspecified atom stereocenters. The first-order valence-corrected chi connectivity index (χ1v) is 5.21. The van der Waals surface area contributed by atoms with Crippen LogP contribution in [-0.4, -0.2) is 46.3 Å². The lowest BCUT2D eigenvalue weighted by molar-refractivity contribution is -0.156. The van der Waals surface area contributed by atoms with Crippen molar-refractivity contribution in [1.29, 1.82) is 0 Å². The van der Waals surface area contributed by atoms with E-state index in [0.29, 0.717) is 6.54 Å². The summed E-state index contributed by atoms with van der Waals surface area (Å²) in [5.41, 5.74) is -0.248. The van der Waals surface area contributed by atoms with E-state index in [1.807, 2.05) is 18.9 Å². The van der Waals surface area contributed by atoms with Gasteiger partial charge in [0.05, 0.1) is 12.1 Å². The molecule has 0 radical (unpaired) electrons. The highest BCUT2D eigenvalue weighted by Gasteiger charge is 2.39. The fourth-order valence-electron chi connectivity index (χ4n) is 2.14. The monoisotopic (exact) mass is 200 g/mol. The number of rotatable bonds is 3. The summed E-state index contributed by atoms with van der Waals surface area (Å²) in [4.78, 5) is 11.4. The van der Waals surface area contributed by atoms with Gasteiger partial charge in [-0.15, -0.1) is 0 Å². The first-order valence-electron chi connectivity index (χ1n) is 5.21. The lowest BCUT2D eigenvalue weighted by Gasteiger charge is -2.40. The van der Waals surface area contributed by atoms with E-state index in [4.69, 9.17) is 0 Å². The highest BCUT2D eigenvalue weighted by Crippen LogP contribution is 2.29. The van der Waals surface area contributed by atoms with Gasteiger partial charge in [-0.05, 0) is 26.7 Å². The van der Waals surface area contributed by atoms with Crippen molar-refractivity contribution in [3.05, 3.63) is 0 Å². The molecule has 1 atom stereocenters. The fourth-order valence-corrected chi connectivity index (χ4v) is 2.14.